The van der Waals surface area contributed by atoms with Crippen LogP contribution in [0.15, 0.2) is 67.1 Å². The minimum atomic E-state index is -0.496. The first-order chi connectivity index (χ1) is 16.6. The molecule has 0 radical (unpaired) electrons. The molecule has 2 aromatic heterocycles. The van der Waals surface area contributed by atoms with Crippen molar-refractivity contribution in [3.05, 3.63) is 67.1 Å². The number of aromatic nitrogens is 3. The van der Waals surface area contributed by atoms with Gasteiger partial charge in [-0.1, -0.05) is 43.2 Å². The quantitative estimate of drug-likeness (QED) is 0.405. The van der Waals surface area contributed by atoms with Crippen molar-refractivity contribution in [2.24, 2.45) is 0 Å². The molecule has 8 nitrogen and oxygen atoms in total. The first kappa shape index (κ1) is 21.9. The molecule has 174 valence electrons. The number of ether oxygens (including phenoxy) is 1. The van der Waals surface area contributed by atoms with Gasteiger partial charge in [0.1, 0.15) is 35.8 Å². The highest BCUT2D eigenvalue weighted by molar-refractivity contribution is 6.01. The highest BCUT2D eigenvalue weighted by atomic mass is 16.5. The van der Waals surface area contributed by atoms with E-state index < -0.39 is 6.10 Å². The SMILES string of the molecule is Nc1ncnc2c1c(-c1ccc(Oc3ccccc3)cc1)cn2CC(=O)NC1CCCCC1O. The van der Waals surface area contributed by atoms with E-state index in [1.165, 1.54) is 6.33 Å². The second kappa shape index (κ2) is 9.52. The third-order valence-electron chi connectivity index (χ3n) is 6.22. The number of amides is 1. The largest absolute Gasteiger partial charge is 0.457 e. The standard InChI is InChI=1S/C26H27N5O3/c27-25-24-20(17-10-12-19(13-11-17)34-18-6-2-1-3-7-18)14-31(26(24)29-16-28-25)15-23(33)30-21-8-4-5-9-22(21)32/h1-3,6-7,10-14,16,21-22,32H,4-5,8-9,15H2,(H,30,33)(H2,27,28,29). The van der Waals surface area contributed by atoms with Gasteiger partial charge in [0.05, 0.1) is 17.5 Å². The van der Waals surface area contributed by atoms with E-state index >= 15 is 0 Å². The molecule has 4 N–H and O–H groups in total. The second-order valence-corrected chi connectivity index (χ2v) is 8.59. The number of aliphatic hydroxyl groups is 1. The Morgan fingerprint density at radius 2 is 1.79 bits per heavy atom. The molecule has 5 rings (SSSR count). The Labute approximate surface area is 197 Å². The lowest BCUT2D eigenvalue weighted by Gasteiger charge is -2.28. The molecular weight excluding hydrogens is 430 g/mol. The molecule has 2 aromatic carbocycles. The van der Waals surface area contributed by atoms with Gasteiger partial charge in [0.15, 0.2) is 0 Å². The number of hydrogen-bond acceptors (Lipinski definition) is 6. The molecule has 2 atom stereocenters. The summed E-state index contributed by atoms with van der Waals surface area (Å²) in [6.07, 6.45) is 6.28. The van der Waals surface area contributed by atoms with Crippen molar-refractivity contribution in [2.45, 2.75) is 44.4 Å². The highest BCUT2D eigenvalue weighted by Gasteiger charge is 2.25. The molecule has 2 unspecified atom stereocenters. The van der Waals surface area contributed by atoms with Crippen molar-refractivity contribution in [3.63, 3.8) is 0 Å². The summed E-state index contributed by atoms with van der Waals surface area (Å²) in [7, 11) is 0. The molecule has 0 bridgehead atoms. The first-order valence-electron chi connectivity index (χ1n) is 11.5. The summed E-state index contributed by atoms with van der Waals surface area (Å²) in [5, 5.41) is 13.9. The number of aliphatic hydroxyl groups excluding tert-OH is 1. The van der Waals surface area contributed by atoms with E-state index in [0.29, 0.717) is 22.6 Å². The topological polar surface area (TPSA) is 115 Å². The Hall–Kier alpha value is -3.91. The summed E-state index contributed by atoms with van der Waals surface area (Å²) < 4.78 is 7.67. The monoisotopic (exact) mass is 457 g/mol. The maximum atomic E-state index is 12.8. The average molecular weight is 458 g/mol. The second-order valence-electron chi connectivity index (χ2n) is 8.59. The Kier molecular flexibility index (Phi) is 6.14. The highest BCUT2D eigenvalue weighted by Crippen LogP contribution is 2.34. The molecule has 0 saturated heterocycles. The first-order valence-corrected chi connectivity index (χ1v) is 11.5. The summed E-state index contributed by atoms with van der Waals surface area (Å²) in [5.41, 5.74) is 8.55. The fraction of sp³-hybridized carbons (Fsp3) is 0.269. The normalized spacial score (nSPS) is 18.0. The van der Waals surface area contributed by atoms with Gasteiger partial charge in [-0.25, -0.2) is 9.97 Å². The van der Waals surface area contributed by atoms with Gasteiger partial charge in [0.25, 0.3) is 0 Å². The maximum absolute atomic E-state index is 12.8. The van der Waals surface area contributed by atoms with E-state index in [1.807, 2.05) is 60.8 Å². The van der Waals surface area contributed by atoms with Gasteiger partial charge >= 0.3 is 0 Å². The Morgan fingerprint density at radius 3 is 2.56 bits per heavy atom. The lowest BCUT2D eigenvalue weighted by atomic mass is 9.92. The van der Waals surface area contributed by atoms with E-state index in [2.05, 4.69) is 15.3 Å². The van der Waals surface area contributed by atoms with Crippen LogP contribution in [0.3, 0.4) is 0 Å². The maximum Gasteiger partial charge on any atom is 0.240 e. The van der Waals surface area contributed by atoms with Crippen molar-refractivity contribution < 1.29 is 14.6 Å². The van der Waals surface area contributed by atoms with Crippen molar-refractivity contribution in [1.29, 1.82) is 0 Å². The number of nitrogens with one attached hydrogen (secondary N) is 1. The minimum Gasteiger partial charge on any atom is -0.457 e. The number of para-hydroxylation sites is 1. The number of rotatable bonds is 6. The van der Waals surface area contributed by atoms with Crippen LogP contribution in [0, 0.1) is 0 Å². The summed E-state index contributed by atoms with van der Waals surface area (Å²) in [4.78, 5) is 21.3. The summed E-state index contributed by atoms with van der Waals surface area (Å²) in [5.74, 6) is 1.66. The zero-order valence-electron chi connectivity index (χ0n) is 18.7. The van der Waals surface area contributed by atoms with Gasteiger partial charge < -0.3 is 25.5 Å². The fourth-order valence-electron chi connectivity index (χ4n) is 4.50. The van der Waals surface area contributed by atoms with Crippen LogP contribution >= 0.6 is 0 Å². The number of carbonyl (C=O) groups excluding carboxylic acids is 1. The molecule has 0 spiro atoms. The van der Waals surface area contributed by atoms with Crippen LogP contribution in [-0.2, 0) is 11.3 Å². The zero-order chi connectivity index (χ0) is 23.5. The van der Waals surface area contributed by atoms with Crippen LogP contribution in [0.1, 0.15) is 25.7 Å². The molecule has 1 fully saturated rings. The van der Waals surface area contributed by atoms with Gasteiger partial charge in [-0.3, -0.25) is 4.79 Å². The fourth-order valence-corrected chi connectivity index (χ4v) is 4.50. The Morgan fingerprint density at radius 1 is 1.06 bits per heavy atom. The number of fused-ring (bicyclic) bond motifs is 1. The average Bonchev–Trinajstić information content (AvgIpc) is 3.21. The number of carbonyl (C=O) groups is 1. The number of nitrogens with zero attached hydrogens (tertiary/aromatic N) is 3. The van der Waals surface area contributed by atoms with Gasteiger partial charge in [0, 0.05) is 11.8 Å². The molecule has 0 aliphatic heterocycles. The molecular formula is C26H27N5O3. The van der Waals surface area contributed by atoms with Crippen LogP contribution in [0.2, 0.25) is 0 Å². The van der Waals surface area contributed by atoms with Crippen molar-refractivity contribution in [2.75, 3.05) is 5.73 Å². The van der Waals surface area contributed by atoms with Crippen LogP contribution in [-0.4, -0.2) is 37.7 Å². The van der Waals surface area contributed by atoms with E-state index in [4.69, 9.17) is 10.5 Å². The number of nitrogens with two attached hydrogens (primary N) is 1. The van der Waals surface area contributed by atoms with Crippen molar-refractivity contribution in [1.82, 2.24) is 19.9 Å². The predicted octanol–water partition coefficient (Wildman–Crippen LogP) is 3.89. The smallest absolute Gasteiger partial charge is 0.240 e. The molecule has 1 aliphatic rings. The molecule has 1 amide bonds. The summed E-state index contributed by atoms with van der Waals surface area (Å²) in [6, 6.07) is 17.1. The van der Waals surface area contributed by atoms with E-state index in [0.717, 1.165) is 42.6 Å². The number of nitrogen functional groups attached to an aromatic ring is 1. The van der Waals surface area contributed by atoms with E-state index in [1.54, 1.807) is 4.57 Å². The number of anilines is 1. The van der Waals surface area contributed by atoms with E-state index in [9.17, 15) is 9.90 Å². The van der Waals surface area contributed by atoms with Crippen molar-refractivity contribution >= 4 is 22.8 Å². The third kappa shape index (κ3) is 4.58. The van der Waals surface area contributed by atoms with Crippen molar-refractivity contribution in [3.8, 4) is 22.6 Å². The predicted molar refractivity (Wildman–Crippen MR) is 130 cm³/mol. The number of benzene rings is 2. The van der Waals surface area contributed by atoms with Gasteiger partial charge in [-0.15, -0.1) is 0 Å². The summed E-state index contributed by atoms with van der Waals surface area (Å²) >= 11 is 0. The van der Waals surface area contributed by atoms with Crippen LogP contribution in [0.4, 0.5) is 5.82 Å². The Bertz CT molecular complexity index is 1290. The minimum absolute atomic E-state index is 0.0748. The molecule has 1 aliphatic carbocycles. The molecule has 1 saturated carbocycles. The van der Waals surface area contributed by atoms with Gasteiger partial charge in [0.2, 0.25) is 5.91 Å². The summed E-state index contributed by atoms with van der Waals surface area (Å²) in [6.45, 7) is 0.0748. The third-order valence-corrected chi connectivity index (χ3v) is 6.22. The van der Waals surface area contributed by atoms with Gasteiger partial charge in [-0.05, 0) is 42.7 Å². The molecule has 8 heteroatoms. The zero-order valence-corrected chi connectivity index (χ0v) is 18.7. The van der Waals surface area contributed by atoms with Crippen LogP contribution in [0.25, 0.3) is 22.2 Å². The van der Waals surface area contributed by atoms with Crippen LogP contribution in [0.5, 0.6) is 11.5 Å². The van der Waals surface area contributed by atoms with E-state index in [-0.39, 0.29) is 18.5 Å². The lowest BCUT2D eigenvalue weighted by Crippen LogP contribution is -2.46. The molecule has 4 aromatic rings. The van der Waals surface area contributed by atoms with Gasteiger partial charge in [-0.2, -0.15) is 0 Å². The lowest BCUT2D eigenvalue weighted by molar-refractivity contribution is -0.123. The van der Waals surface area contributed by atoms with Crippen LogP contribution < -0.4 is 15.8 Å². The Balaban J connectivity index is 1.40. The molecule has 2 heterocycles. The molecule has 34 heavy (non-hydrogen) atoms. The number of hydrogen-bond donors (Lipinski definition) is 3.